The Morgan fingerprint density at radius 3 is 2.53 bits per heavy atom. The Bertz CT molecular complexity index is 506. The molecule has 0 fully saturated rings. The number of sulfone groups is 1. The lowest BCUT2D eigenvalue weighted by Crippen LogP contribution is -2.14. The molecule has 0 spiro atoms. The molecule has 1 aromatic carbocycles. The lowest BCUT2D eigenvalue weighted by Gasteiger charge is -2.08. The number of anilines is 1. The summed E-state index contributed by atoms with van der Waals surface area (Å²) in [6.07, 6.45) is 1.56. The highest BCUT2D eigenvalue weighted by atomic mass is 32.2. The Kier molecular flexibility index (Phi) is 4.28. The minimum atomic E-state index is -3.24. The Balaban J connectivity index is 2.83. The fourth-order valence-corrected chi connectivity index (χ4v) is 2.05. The molecule has 0 saturated heterocycles. The van der Waals surface area contributed by atoms with E-state index in [1.165, 1.54) is 12.1 Å². The van der Waals surface area contributed by atoms with E-state index in [0.29, 0.717) is 12.1 Å². The van der Waals surface area contributed by atoms with Crippen molar-refractivity contribution in [2.45, 2.75) is 25.2 Å². The van der Waals surface area contributed by atoms with Crippen LogP contribution in [0.2, 0.25) is 0 Å². The summed E-state index contributed by atoms with van der Waals surface area (Å²) < 4.78 is 22.7. The highest BCUT2D eigenvalue weighted by Crippen LogP contribution is 2.15. The third-order valence-corrected chi connectivity index (χ3v) is 3.25. The number of benzene rings is 1. The van der Waals surface area contributed by atoms with Gasteiger partial charge >= 0.3 is 0 Å². The van der Waals surface area contributed by atoms with Crippen LogP contribution in [0.5, 0.6) is 0 Å². The average molecular weight is 255 g/mol. The van der Waals surface area contributed by atoms with Gasteiger partial charge in [-0.3, -0.25) is 4.79 Å². The van der Waals surface area contributed by atoms with Gasteiger partial charge in [-0.1, -0.05) is 19.9 Å². The van der Waals surface area contributed by atoms with Gasteiger partial charge in [-0.15, -0.1) is 0 Å². The molecule has 0 unspecified atom stereocenters. The van der Waals surface area contributed by atoms with E-state index in [1.807, 2.05) is 13.8 Å². The van der Waals surface area contributed by atoms with Crippen LogP contribution in [-0.4, -0.2) is 20.6 Å². The summed E-state index contributed by atoms with van der Waals surface area (Å²) in [4.78, 5) is 11.7. The van der Waals surface area contributed by atoms with Crippen LogP contribution >= 0.6 is 0 Å². The smallest absolute Gasteiger partial charge is 0.224 e. The van der Waals surface area contributed by atoms with Gasteiger partial charge in [-0.05, 0) is 24.1 Å². The van der Waals surface area contributed by atoms with Crippen molar-refractivity contribution >= 4 is 21.4 Å². The highest BCUT2D eigenvalue weighted by Gasteiger charge is 2.09. The number of amides is 1. The third kappa shape index (κ3) is 4.56. The Morgan fingerprint density at radius 2 is 2.00 bits per heavy atom. The van der Waals surface area contributed by atoms with Crippen LogP contribution < -0.4 is 5.32 Å². The van der Waals surface area contributed by atoms with Crippen molar-refractivity contribution in [1.82, 2.24) is 0 Å². The molecule has 0 aliphatic rings. The summed E-state index contributed by atoms with van der Waals surface area (Å²) in [5.74, 6) is 0.166. The molecule has 0 aliphatic heterocycles. The summed E-state index contributed by atoms with van der Waals surface area (Å²) in [5, 5.41) is 2.68. The monoisotopic (exact) mass is 255 g/mol. The average Bonchev–Trinajstić information content (AvgIpc) is 2.15. The normalized spacial score (nSPS) is 11.5. The predicted octanol–water partition coefficient (Wildman–Crippen LogP) is 2.07. The van der Waals surface area contributed by atoms with E-state index < -0.39 is 9.84 Å². The van der Waals surface area contributed by atoms with Crippen molar-refractivity contribution in [3.05, 3.63) is 24.3 Å². The van der Waals surface area contributed by atoms with Crippen LogP contribution in [0.3, 0.4) is 0 Å². The zero-order valence-corrected chi connectivity index (χ0v) is 11.0. The van der Waals surface area contributed by atoms with Crippen molar-refractivity contribution in [1.29, 1.82) is 0 Å². The van der Waals surface area contributed by atoms with Crippen molar-refractivity contribution in [2.75, 3.05) is 11.6 Å². The zero-order chi connectivity index (χ0) is 13.1. The Hall–Kier alpha value is -1.36. The number of rotatable bonds is 4. The van der Waals surface area contributed by atoms with Gasteiger partial charge in [0.15, 0.2) is 9.84 Å². The number of nitrogens with one attached hydrogen (secondary N) is 1. The zero-order valence-electron chi connectivity index (χ0n) is 10.2. The van der Waals surface area contributed by atoms with Crippen LogP contribution in [0.15, 0.2) is 29.2 Å². The van der Waals surface area contributed by atoms with Gasteiger partial charge < -0.3 is 5.32 Å². The summed E-state index contributed by atoms with van der Waals surface area (Å²) in [6.45, 7) is 3.90. The molecular weight excluding hydrogens is 238 g/mol. The van der Waals surface area contributed by atoms with Gasteiger partial charge in [0.2, 0.25) is 5.91 Å². The molecule has 1 rings (SSSR count). The minimum Gasteiger partial charge on any atom is -0.326 e. The maximum Gasteiger partial charge on any atom is 0.224 e. The first-order valence-electron chi connectivity index (χ1n) is 5.39. The fourth-order valence-electron chi connectivity index (χ4n) is 1.39. The predicted molar refractivity (Wildman–Crippen MR) is 67.6 cm³/mol. The first kappa shape index (κ1) is 13.7. The minimum absolute atomic E-state index is 0.106. The van der Waals surface area contributed by atoms with Gasteiger partial charge in [-0.25, -0.2) is 8.42 Å². The van der Waals surface area contributed by atoms with Gasteiger partial charge in [0, 0.05) is 18.4 Å². The topological polar surface area (TPSA) is 63.2 Å². The molecule has 1 aromatic rings. The Morgan fingerprint density at radius 1 is 1.35 bits per heavy atom. The summed E-state index contributed by atoms with van der Waals surface area (Å²) in [6, 6.07) is 6.26. The maximum absolute atomic E-state index is 11.5. The summed E-state index contributed by atoms with van der Waals surface area (Å²) in [5.41, 5.74) is 0.513. The number of hydrogen-bond acceptors (Lipinski definition) is 3. The van der Waals surface area contributed by atoms with Gasteiger partial charge in [0.1, 0.15) is 0 Å². The van der Waals surface area contributed by atoms with Crippen LogP contribution in [-0.2, 0) is 14.6 Å². The first-order chi connectivity index (χ1) is 7.79. The molecular formula is C12H17NO3S. The first-order valence-corrected chi connectivity index (χ1v) is 7.28. The second-order valence-electron chi connectivity index (χ2n) is 4.45. The molecule has 1 amide bonds. The van der Waals surface area contributed by atoms with Crippen molar-refractivity contribution in [3.8, 4) is 0 Å². The molecule has 94 valence electrons. The van der Waals surface area contributed by atoms with E-state index in [2.05, 4.69) is 5.32 Å². The molecule has 0 atom stereocenters. The molecule has 0 saturated carbocycles. The molecule has 0 aliphatic carbocycles. The molecule has 0 bridgehead atoms. The highest BCUT2D eigenvalue weighted by molar-refractivity contribution is 7.90. The van der Waals surface area contributed by atoms with Crippen LogP contribution in [0.4, 0.5) is 5.69 Å². The van der Waals surface area contributed by atoms with Crippen LogP contribution in [0, 0.1) is 5.92 Å². The quantitative estimate of drug-likeness (QED) is 0.895. The van der Waals surface area contributed by atoms with E-state index in [1.54, 1.807) is 12.1 Å². The molecule has 0 radical (unpaired) electrons. The van der Waals surface area contributed by atoms with Crippen molar-refractivity contribution in [2.24, 2.45) is 5.92 Å². The van der Waals surface area contributed by atoms with Gasteiger partial charge in [0.05, 0.1) is 4.90 Å². The second kappa shape index (κ2) is 5.31. The molecule has 0 heterocycles. The number of hydrogen-bond donors (Lipinski definition) is 1. The number of carbonyl (C=O) groups is 1. The van der Waals surface area contributed by atoms with E-state index in [4.69, 9.17) is 0 Å². The SMILES string of the molecule is CC(C)CC(=O)Nc1cccc(S(C)(=O)=O)c1. The van der Waals surface area contributed by atoms with Crippen LogP contribution in [0.25, 0.3) is 0 Å². The second-order valence-corrected chi connectivity index (χ2v) is 6.46. The molecule has 17 heavy (non-hydrogen) atoms. The number of carbonyl (C=O) groups excluding carboxylic acids is 1. The van der Waals surface area contributed by atoms with Gasteiger partial charge in [0.25, 0.3) is 0 Å². The third-order valence-electron chi connectivity index (χ3n) is 2.14. The molecule has 4 nitrogen and oxygen atoms in total. The fraction of sp³-hybridized carbons (Fsp3) is 0.417. The van der Waals surface area contributed by atoms with Gasteiger partial charge in [-0.2, -0.15) is 0 Å². The molecule has 1 N–H and O–H groups in total. The maximum atomic E-state index is 11.5. The van der Waals surface area contributed by atoms with Crippen LogP contribution in [0.1, 0.15) is 20.3 Å². The summed E-state index contributed by atoms with van der Waals surface area (Å²) >= 11 is 0. The molecule has 5 heteroatoms. The van der Waals surface area contributed by atoms with E-state index in [9.17, 15) is 13.2 Å². The Labute approximate surface area is 102 Å². The van der Waals surface area contributed by atoms with Crippen molar-refractivity contribution in [3.63, 3.8) is 0 Å². The lowest BCUT2D eigenvalue weighted by atomic mass is 10.1. The van der Waals surface area contributed by atoms with Crippen molar-refractivity contribution < 1.29 is 13.2 Å². The van der Waals surface area contributed by atoms with E-state index in [0.717, 1.165) is 6.26 Å². The largest absolute Gasteiger partial charge is 0.326 e. The van der Waals surface area contributed by atoms with E-state index in [-0.39, 0.29) is 16.7 Å². The molecule has 0 aromatic heterocycles. The summed E-state index contributed by atoms with van der Waals surface area (Å²) in [7, 11) is -3.24. The van der Waals surface area contributed by atoms with E-state index >= 15 is 0 Å². The standard InChI is InChI=1S/C12H17NO3S/c1-9(2)7-12(14)13-10-5-4-6-11(8-10)17(3,15)16/h4-6,8-9H,7H2,1-3H3,(H,13,14). The lowest BCUT2D eigenvalue weighted by molar-refractivity contribution is -0.116.